The van der Waals surface area contributed by atoms with Gasteiger partial charge >= 0.3 is 5.97 Å². The van der Waals surface area contributed by atoms with Gasteiger partial charge in [0.1, 0.15) is 5.75 Å². The van der Waals surface area contributed by atoms with Crippen LogP contribution in [0.25, 0.3) is 0 Å². The molecular weight excluding hydrogens is 266 g/mol. The third-order valence-corrected chi connectivity index (χ3v) is 3.50. The molecule has 4 nitrogen and oxygen atoms in total. The van der Waals surface area contributed by atoms with Crippen molar-refractivity contribution < 1.29 is 14.6 Å². The topological polar surface area (TPSA) is 72.5 Å². The molecule has 21 heavy (non-hydrogen) atoms. The van der Waals surface area contributed by atoms with E-state index in [0.717, 1.165) is 12.8 Å². The number of phenols is 1. The zero-order valence-electron chi connectivity index (χ0n) is 12.9. The molecule has 1 aromatic carbocycles. The summed E-state index contributed by atoms with van der Waals surface area (Å²) < 4.78 is 5.18. The van der Waals surface area contributed by atoms with Gasteiger partial charge in [-0.1, -0.05) is 51.9 Å². The van der Waals surface area contributed by atoms with E-state index in [0.29, 0.717) is 12.2 Å². The van der Waals surface area contributed by atoms with Crippen molar-refractivity contribution in [2.75, 3.05) is 12.3 Å². The first-order valence-corrected chi connectivity index (χ1v) is 7.90. The maximum atomic E-state index is 11.7. The second-order valence-corrected chi connectivity index (χ2v) is 5.38. The molecule has 0 atom stereocenters. The Labute approximate surface area is 127 Å². The average molecular weight is 293 g/mol. The van der Waals surface area contributed by atoms with Crippen molar-refractivity contribution in [2.45, 2.75) is 58.3 Å². The molecule has 0 radical (unpaired) electrons. The van der Waals surface area contributed by atoms with Crippen LogP contribution in [0.15, 0.2) is 18.2 Å². The van der Waals surface area contributed by atoms with Crippen LogP contribution in [-0.2, 0) is 4.74 Å². The number of anilines is 1. The quantitative estimate of drug-likeness (QED) is 0.292. The van der Waals surface area contributed by atoms with Crippen LogP contribution in [0, 0.1) is 0 Å². The van der Waals surface area contributed by atoms with Gasteiger partial charge in [-0.3, -0.25) is 0 Å². The van der Waals surface area contributed by atoms with Gasteiger partial charge in [-0.2, -0.15) is 0 Å². The fraction of sp³-hybridized carbons (Fsp3) is 0.588. The number of nitrogens with two attached hydrogens (primary N) is 1. The number of hydrogen-bond donors (Lipinski definition) is 2. The van der Waals surface area contributed by atoms with Crippen molar-refractivity contribution in [1.82, 2.24) is 0 Å². The first-order valence-electron chi connectivity index (χ1n) is 7.90. The van der Waals surface area contributed by atoms with E-state index in [1.54, 1.807) is 6.07 Å². The van der Waals surface area contributed by atoms with Gasteiger partial charge in [0, 0.05) is 0 Å². The highest BCUT2D eigenvalue weighted by Gasteiger charge is 2.09. The van der Waals surface area contributed by atoms with Gasteiger partial charge in [-0.15, -0.1) is 0 Å². The molecule has 0 fully saturated rings. The summed E-state index contributed by atoms with van der Waals surface area (Å²) in [4.78, 5) is 11.7. The second kappa shape index (κ2) is 10.1. The fourth-order valence-electron chi connectivity index (χ4n) is 2.15. The molecule has 4 heteroatoms. The van der Waals surface area contributed by atoms with Gasteiger partial charge in [0.25, 0.3) is 0 Å². The standard InChI is InChI=1S/C17H27NO3/c1-2-3-4-5-6-7-8-9-12-21-17(20)14-10-11-15(18)16(19)13-14/h10-11,13,19H,2-9,12,18H2,1H3. The molecule has 0 amide bonds. The number of hydrogen-bond acceptors (Lipinski definition) is 4. The van der Waals surface area contributed by atoms with E-state index in [1.165, 1.54) is 50.7 Å². The number of esters is 1. The van der Waals surface area contributed by atoms with Crippen LogP contribution in [0.1, 0.15) is 68.6 Å². The molecule has 0 saturated carbocycles. The minimum absolute atomic E-state index is 0.0865. The second-order valence-electron chi connectivity index (χ2n) is 5.38. The van der Waals surface area contributed by atoms with Crippen molar-refractivity contribution in [3.8, 4) is 5.75 Å². The van der Waals surface area contributed by atoms with E-state index in [1.807, 2.05) is 0 Å². The van der Waals surface area contributed by atoms with Crippen LogP contribution in [-0.4, -0.2) is 17.7 Å². The molecule has 0 saturated heterocycles. The van der Waals surface area contributed by atoms with E-state index < -0.39 is 5.97 Å². The van der Waals surface area contributed by atoms with Gasteiger partial charge in [0.15, 0.2) is 0 Å². The summed E-state index contributed by atoms with van der Waals surface area (Å²) in [7, 11) is 0. The zero-order chi connectivity index (χ0) is 15.5. The minimum Gasteiger partial charge on any atom is -0.506 e. The number of carbonyl (C=O) groups is 1. The number of benzene rings is 1. The summed E-state index contributed by atoms with van der Waals surface area (Å²) in [6, 6.07) is 4.40. The van der Waals surface area contributed by atoms with Crippen molar-refractivity contribution >= 4 is 11.7 Å². The summed E-state index contributed by atoms with van der Waals surface area (Å²) in [5, 5.41) is 9.45. The molecule has 0 spiro atoms. The smallest absolute Gasteiger partial charge is 0.338 e. The maximum Gasteiger partial charge on any atom is 0.338 e. The number of phenolic OH excluding ortho intramolecular Hbond substituents is 1. The molecule has 0 aliphatic rings. The Morgan fingerprint density at radius 2 is 1.71 bits per heavy atom. The van der Waals surface area contributed by atoms with Gasteiger partial charge in [0.2, 0.25) is 0 Å². The highest BCUT2D eigenvalue weighted by atomic mass is 16.5. The summed E-state index contributed by atoms with van der Waals surface area (Å²) in [5.41, 5.74) is 6.08. The Balaban J connectivity index is 2.09. The van der Waals surface area contributed by atoms with Crippen LogP contribution < -0.4 is 5.73 Å². The molecule has 0 aromatic heterocycles. The largest absolute Gasteiger partial charge is 0.506 e. The fourth-order valence-corrected chi connectivity index (χ4v) is 2.15. The maximum absolute atomic E-state index is 11.7. The third-order valence-electron chi connectivity index (χ3n) is 3.50. The van der Waals surface area contributed by atoms with Crippen molar-refractivity contribution in [3.05, 3.63) is 23.8 Å². The van der Waals surface area contributed by atoms with Gasteiger partial charge in [0.05, 0.1) is 17.9 Å². The molecule has 1 rings (SSSR count). The Morgan fingerprint density at radius 1 is 1.10 bits per heavy atom. The van der Waals surface area contributed by atoms with Crippen LogP contribution in [0.4, 0.5) is 5.69 Å². The predicted octanol–water partition coefficient (Wildman–Crippen LogP) is 4.27. The molecule has 0 unspecified atom stereocenters. The number of carbonyl (C=O) groups excluding carboxylic acids is 1. The van der Waals surface area contributed by atoms with Crippen LogP contribution in [0.3, 0.4) is 0 Å². The minimum atomic E-state index is -0.409. The number of nitrogen functional groups attached to an aromatic ring is 1. The van der Waals surface area contributed by atoms with Crippen LogP contribution in [0.2, 0.25) is 0 Å². The lowest BCUT2D eigenvalue weighted by atomic mass is 10.1. The van der Waals surface area contributed by atoms with Crippen molar-refractivity contribution in [2.24, 2.45) is 0 Å². The Bertz CT molecular complexity index is 432. The number of rotatable bonds is 10. The first-order chi connectivity index (χ1) is 10.1. The molecule has 118 valence electrons. The molecule has 0 aliphatic heterocycles. The predicted molar refractivity (Wildman–Crippen MR) is 85.4 cm³/mol. The van der Waals surface area contributed by atoms with Gasteiger partial charge < -0.3 is 15.6 Å². The Hall–Kier alpha value is -1.71. The number of unbranched alkanes of at least 4 members (excludes halogenated alkanes) is 7. The summed E-state index contributed by atoms with van der Waals surface area (Å²) in [6.45, 7) is 2.65. The first kappa shape index (κ1) is 17.3. The monoisotopic (exact) mass is 293 g/mol. The molecule has 3 N–H and O–H groups in total. The lowest BCUT2D eigenvalue weighted by Crippen LogP contribution is -2.06. The third kappa shape index (κ3) is 7.02. The van der Waals surface area contributed by atoms with Gasteiger partial charge in [-0.25, -0.2) is 4.79 Å². The van der Waals surface area contributed by atoms with Crippen LogP contribution >= 0.6 is 0 Å². The van der Waals surface area contributed by atoms with E-state index in [2.05, 4.69) is 6.92 Å². The lowest BCUT2D eigenvalue weighted by Gasteiger charge is -2.06. The number of aromatic hydroxyl groups is 1. The molecule has 0 heterocycles. The van der Waals surface area contributed by atoms with E-state index in [4.69, 9.17) is 10.5 Å². The Kier molecular flexibility index (Phi) is 8.32. The molecule has 0 aliphatic carbocycles. The zero-order valence-corrected chi connectivity index (χ0v) is 12.9. The SMILES string of the molecule is CCCCCCCCCCOC(=O)c1ccc(N)c(O)c1. The summed E-state index contributed by atoms with van der Waals surface area (Å²) >= 11 is 0. The summed E-state index contributed by atoms with van der Waals surface area (Å²) in [6.07, 6.45) is 9.67. The Morgan fingerprint density at radius 3 is 2.33 bits per heavy atom. The highest BCUT2D eigenvalue weighted by Crippen LogP contribution is 2.21. The molecular formula is C17H27NO3. The number of ether oxygens (including phenoxy) is 1. The van der Waals surface area contributed by atoms with E-state index in [-0.39, 0.29) is 11.4 Å². The lowest BCUT2D eigenvalue weighted by molar-refractivity contribution is 0.0497. The van der Waals surface area contributed by atoms with E-state index >= 15 is 0 Å². The highest BCUT2D eigenvalue weighted by molar-refractivity contribution is 5.90. The average Bonchev–Trinajstić information content (AvgIpc) is 2.48. The van der Waals surface area contributed by atoms with Crippen molar-refractivity contribution in [3.63, 3.8) is 0 Å². The van der Waals surface area contributed by atoms with Crippen LogP contribution in [0.5, 0.6) is 5.75 Å². The molecule has 1 aromatic rings. The summed E-state index contributed by atoms with van der Waals surface area (Å²) in [5.74, 6) is -0.496. The molecule has 0 bridgehead atoms. The normalized spacial score (nSPS) is 10.5. The van der Waals surface area contributed by atoms with E-state index in [9.17, 15) is 9.90 Å². The van der Waals surface area contributed by atoms with Crippen molar-refractivity contribution in [1.29, 1.82) is 0 Å². The van der Waals surface area contributed by atoms with Gasteiger partial charge in [-0.05, 0) is 24.6 Å².